The van der Waals surface area contributed by atoms with E-state index in [1.807, 2.05) is 31.2 Å². The summed E-state index contributed by atoms with van der Waals surface area (Å²) in [5.41, 5.74) is 1.26. The molecule has 2 aromatic rings. The number of carboxylic acid groups (broad SMARTS) is 1. The molecule has 2 rings (SSSR count). The summed E-state index contributed by atoms with van der Waals surface area (Å²) in [5.74, 6) is -0.953. The summed E-state index contributed by atoms with van der Waals surface area (Å²) >= 11 is 7.28. The van der Waals surface area contributed by atoms with Gasteiger partial charge in [-0.1, -0.05) is 30.7 Å². The quantitative estimate of drug-likeness (QED) is 0.931. The Bertz CT molecular complexity index is 563. The van der Waals surface area contributed by atoms with E-state index in [9.17, 15) is 4.79 Å². The molecule has 0 radical (unpaired) electrons. The largest absolute Gasteiger partial charge is 0.476 e. The fourth-order valence-electron chi connectivity index (χ4n) is 1.66. The van der Waals surface area contributed by atoms with Crippen LogP contribution < -0.4 is 0 Å². The molecule has 18 heavy (non-hydrogen) atoms. The molecule has 0 atom stereocenters. The molecule has 3 nitrogen and oxygen atoms in total. The molecule has 5 heteroatoms. The highest BCUT2D eigenvalue weighted by Gasteiger charge is 2.15. The van der Waals surface area contributed by atoms with Crippen LogP contribution in [0.25, 0.3) is 0 Å². The summed E-state index contributed by atoms with van der Waals surface area (Å²) in [7, 11) is 0. The Balaban J connectivity index is 2.24. The minimum absolute atomic E-state index is 0.187. The van der Waals surface area contributed by atoms with Crippen molar-refractivity contribution < 1.29 is 9.90 Å². The second-order valence-electron chi connectivity index (χ2n) is 3.84. The zero-order valence-electron chi connectivity index (χ0n) is 9.81. The molecule has 0 amide bonds. The molecule has 0 saturated heterocycles. The predicted octanol–water partition coefficient (Wildman–Crippen LogP) is 3.65. The first-order valence-electron chi connectivity index (χ1n) is 5.56. The van der Waals surface area contributed by atoms with Gasteiger partial charge in [0, 0.05) is 16.3 Å². The monoisotopic (exact) mass is 281 g/mol. The molecular formula is C13H12ClNO2S. The van der Waals surface area contributed by atoms with Gasteiger partial charge in [-0.2, -0.15) is 0 Å². The van der Waals surface area contributed by atoms with E-state index in [1.165, 1.54) is 11.3 Å². The van der Waals surface area contributed by atoms with Crippen molar-refractivity contribution in [2.75, 3.05) is 0 Å². The van der Waals surface area contributed by atoms with Crippen LogP contribution in [-0.2, 0) is 12.8 Å². The number of hydrogen-bond donors (Lipinski definition) is 1. The Morgan fingerprint density at radius 1 is 1.39 bits per heavy atom. The first-order valence-corrected chi connectivity index (χ1v) is 6.76. The van der Waals surface area contributed by atoms with E-state index < -0.39 is 5.97 Å². The summed E-state index contributed by atoms with van der Waals surface area (Å²) in [6.45, 7) is 1.94. The van der Waals surface area contributed by atoms with Crippen LogP contribution in [0.1, 0.15) is 32.9 Å². The van der Waals surface area contributed by atoms with Gasteiger partial charge in [0.1, 0.15) is 0 Å². The first-order chi connectivity index (χ1) is 8.60. The molecular weight excluding hydrogens is 270 g/mol. The van der Waals surface area contributed by atoms with Gasteiger partial charge in [0.2, 0.25) is 0 Å². The van der Waals surface area contributed by atoms with Crippen LogP contribution in [-0.4, -0.2) is 16.1 Å². The van der Waals surface area contributed by atoms with E-state index in [-0.39, 0.29) is 5.69 Å². The Labute approximate surface area is 114 Å². The van der Waals surface area contributed by atoms with Gasteiger partial charge in [-0.3, -0.25) is 0 Å². The van der Waals surface area contributed by atoms with Crippen molar-refractivity contribution in [2.45, 2.75) is 19.8 Å². The summed E-state index contributed by atoms with van der Waals surface area (Å²) in [5, 5.41) is 10.6. The molecule has 0 aliphatic rings. The number of carboxylic acids is 1. The van der Waals surface area contributed by atoms with Crippen molar-refractivity contribution in [3.8, 4) is 0 Å². The molecule has 1 aromatic carbocycles. The summed E-state index contributed by atoms with van der Waals surface area (Å²) in [6.07, 6.45) is 1.34. The van der Waals surface area contributed by atoms with Gasteiger partial charge in [-0.15, -0.1) is 11.3 Å². The Kier molecular flexibility index (Phi) is 3.99. The molecule has 0 aliphatic carbocycles. The van der Waals surface area contributed by atoms with E-state index in [4.69, 9.17) is 16.7 Å². The van der Waals surface area contributed by atoms with Crippen molar-refractivity contribution in [1.29, 1.82) is 0 Å². The number of nitrogens with zero attached hydrogens (tertiary/aromatic N) is 1. The Morgan fingerprint density at radius 3 is 2.56 bits per heavy atom. The molecule has 1 heterocycles. The van der Waals surface area contributed by atoms with Gasteiger partial charge in [-0.05, 0) is 24.1 Å². The van der Waals surface area contributed by atoms with Crippen LogP contribution >= 0.6 is 22.9 Å². The van der Waals surface area contributed by atoms with Crippen molar-refractivity contribution >= 4 is 28.9 Å². The molecule has 0 fully saturated rings. The standard InChI is InChI=1S/C13H12ClNO2S/c1-2-10-12(13(16)17)15-11(18-10)7-8-3-5-9(14)6-4-8/h3-6H,2,7H2,1H3,(H,16,17). The predicted molar refractivity (Wildman–Crippen MR) is 72.7 cm³/mol. The van der Waals surface area contributed by atoms with Gasteiger partial charge in [0.25, 0.3) is 0 Å². The summed E-state index contributed by atoms with van der Waals surface area (Å²) < 4.78 is 0. The highest BCUT2D eigenvalue weighted by Crippen LogP contribution is 2.22. The number of hydrogen-bond acceptors (Lipinski definition) is 3. The van der Waals surface area contributed by atoms with Crippen molar-refractivity contribution in [2.24, 2.45) is 0 Å². The van der Waals surface area contributed by atoms with Crippen LogP contribution in [0.5, 0.6) is 0 Å². The van der Waals surface area contributed by atoms with E-state index >= 15 is 0 Å². The van der Waals surface area contributed by atoms with E-state index in [0.717, 1.165) is 15.4 Å². The topological polar surface area (TPSA) is 50.2 Å². The van der Waals surface area contributed by atoms with Crippen LogP contribution in [0.2, 0.25) is 5.02 Å². The fraction of sp³-hybridized carbons (Fsp3) is 0.231. The molecule has 0 bridgehead atoms. The zero-order valence-corrected chi connectivity index (χ0v) is 11.4. The minimum Gasteiger partial charge on any atom is -0.476 e. The van der Waals surface area contributed by atoms with Gasteiger partial charge < -0.3 is 5.11 Å². The second-order valence-corrected chi connectivity index (χ2v) is 5.45. The number of benzene rings is 1. The summed E-state index contributed by atoms with van der Waals surface area (Å²) in [4.78, 5) is 16.0. The van der Waals surface area contributed by atoms with E-state index in [0.29, 0.717) is 17.9 Å². The number of aromatic nitrogens is 1. The zero-order chi connectivity index (χ0) is 13.1. The van der Waals surface area contributed by atoms with Crippen molar-refractivity contribution in [3.63, 3.8) is 0 Å². The highest BCUT2D eigenvalue weighted by molar-refractivity contribution is 7.11. The van der Waals surface area contributed by atoms with Gasteiger partial charge in [0.15, 0.2) is 5.69 Å². The first kappa shape index (κ1) is 13.1. The number of carbonyl (C=O) groups is 1. The maximum Gasteiger partial charge on any atom is 0.355 e. The second kappa shape index (κ2) is 5.50. The maximum atomic E-state index is 11.0. The average molecular weight is 282 g/mol. The highest BCUT2D eigenvalue weighted by atomic mass is 35.5. The maximum absolute atomic E-state index is 11.0. The van der Waals surface area contributed by atoms with Crippen LogP contribution in [0, 0.1) is 0 Å². The lowest BCUT2D eigenvalue weighted by Gasteiger charge is -1.97. The molecule has 0 saturated carbocycles. The van der Waals surface area contributed by atoms with Crippen molar-refractivity contribution in [3.05, 3.63) is 50.4 Å². The number of rotatable bonds is 4. The third kappa shape index (κ3) is 2.89. The number of aryl methyl sites for hydroxylation is 1. The van der Waals surface area contributed by atoms with Crippen LogP contribution in [0.4, 0.5) is 0 Å². The molecule has 0 unspecified atom stereocenters. The van der Waals surface area contributed by atoms with Gasteiger partial charge >= 0.3 is 5.97 Å². The molecule has 0 aliphatic heterocycles. The molecule has 0 spiro atoms. The average Bonchev–Trinajstić information content (AvgIpc) is 2.75. The Morgan fingerprint density at radius 2 is 2.06 bits per heavy atom. The fourth-order valence-corrected chi connectivity index (χ4v) is 2.82. The van der Waals surface area contributed by atoms with E-state index in [2.05, 4.69) is 4.98 Å². The number of halogens is 1. The lowest BCUT2D eigenvalue weighted by Crippen LogP contribution is -2.00. The van der Waals surface area contributed by atoms with Crippen LogP contribution in [0.15, 0.2) is 24.3 Å². The SMILES string of the molecule is CCc1sc(Cc2ccc(Cl)cc2)nc1C(=O)O. The Hall–Kier alpha value is -1.39. The molecule has 1 N–H and O–H groups in total. The van der Waals surface area contributed by atoms with Crippen LogP contribution in [0.3, 0.4) is 0 Å². The lowest BCUT2D eigenvalue weighted by molar-refractivity contribution is 0.0690. The molecule has 94 valence electrons. The summed E-state index contributed by atoms with van der Waals surface area (Å²) in [6, 6.07) is 7.50. The lowest BCUT2D eigenvalue weighted by atomic mass is 10.2. The third-order valence-corrected chi connectivity index (χ3v) is 3.99. The third-order valence-electron chi connectivity index (χ3n) is 2.53. The van der Waals surface area contributed by atoms with Crippen molar-refractivity contribution in [1.82, 2.24) is 4.98 Å². The normalized spacial score (nSPS) is 10.6. The minimum atomic E-state index is -0.953. The van der Waals surface area contributed by atoms with Gasteiger partial charge in [-0.25, -0.2) is 9.78 Å². The van der Waals surface area contributed by atoms with E-state index in [1.54, 1.807) is 0 Å². The number of thiazole rings is 1. The smallest absolute Gasteiger partial charge is 0.355 e. The molecule has 1 aromatic heterocycles. The van der Waals surface area contributed by atoms with Gasteiger partial charge in [0.05, 0.1) is 5.01 Å². The number of aromatic carboxylic acids is 1.